The lowest BCUT2D eigenvalue weighted by molar-refractivity contribution is -0.116. The fraction of sp³-hybridized carbons (Fsp3) is 0.280. The fourth-order valence-electron chi connectivity index (χ4n) is 4.84. The molecule has 164 valence electrons. The van der Waals surface area contributed by atoms with Crippen LogP contribution in [-0.2, 0) is 4.79 Å². The van der Waals surface area contributed by atoms with Crippen molar-refractivity contribution in [3.8, 4) is 11.5 Å². The Hall–Kier alpha value is -3.61. The SMILES string of the molecule is COc1ccc([C@@H]2CC(=O)C3=C(C2)Nc2onc(C)c2[C@H]3c2ccccc2F)cc1OC. The number of anilines is 1. The highest BCUT2D eigenvalue weighted by Crippen LogP contribution is 2.49. The lowest BCUT2D eigenvalue weighted by Crippen LogP contribution is -2.30. The lowest BCUT2D eigenvalue weighted by atomic mass is 9.72. The van der Waals surface area contributed by atoms with E-state index in [1.807, 2.05) is 25.1 Å². The molecule has 0 bridgehead atoms. The number of nitrogens with one attached hydrogen (secondary N) is 1. The zero-order valence-electron chi connectivity index (χ0n) is 18.1. The van der Waals surface area contributed by atoms with Crippen molar-refractivity contribution in [2.24, 2.45) is 0 Å². The molecule has 0 fully saturated rings. The molecule has 0 amide bonds. The van der Waals surface area contributed by atoms with Gasteiger partial charge in [0.25, 0.3) is 0 Å². The number of fused-ring (bicyclic) bond motifs is 1. The van der Waals surface area contributed by atoms with E-state index < -0.39 is 5.92 Å². The maximum absolute atomic E-state index is 14.9. The molecule has 2 atom stereocenters. The van der Waals surface area contributed by atoms with Crippen LogP contribution in [0.15, 0.2) is 58.3 Å². The number of methoxy groups -OCH3 is 2. The van der Waals surface area contributed by atoms with E-state index in [4.69, 9.17) is 14.0 Å². The maximum atomic E-state index is 14.9. The van der Waals surface area contributed by atoms with Crippen LogP contribution < -0.4 is 14.8 Å². The van der Waals surface area contributed by atoms with Gasteiger partial charge in [-0.1, -0.05) is 29.4 Å². The molecule has 0 saturated heterocycles. The van der Waals surface area contributed by atoms with Gasteiger partial charge in [-0.3, -0.25) is 4.79 Å². The smallest absolute Gasteiger partial charge is 0.233 e. The molecule has 6 nitrogen and oxygen atoms in total. The van der Waals surface area contributed by atoms with E-state index in [-0.39, 0.29) is 17.5 Å². The quantitative estimate of drug-likeness (QED) is 0.616. The first kappa shape index (κ1) is 20.3. The number of nitrogens with zero attached hydrogens (tertiary/aromatic N) is 1. The summed E-state index contributed by atoms with van der Waals surface area (Å²) in [5.41, 5.74) is 4.12. The highest BCUT2D eigenvalue weighted by Gasteiger charge is 2.42. The Morgan fingerprint density at radius 2 is 1.88 bits per heavy atom. The molecule has 1 aromatic heterocycles. The van der Waals surface area contributed by atoms with Gasteiger partial charge in [0.05, 0.1) is 25.5 Å². The van der Waals surface area contributed by atoms with E-state index in [0.29, 0.717) is 52.6 Å². The number of ether oxygens (including phenoxy) is 2. The molecular formula is C25H23FN2O4. The van der Waals surface area contributed by atoms with Gasteiger partial charge in [-0.25, -0.2) is 4.39 Å². The van der Waals surface area contributed by atoms with Crippen molar-refractivity contribution in [1.82, 2.24) is 5.16 Å². The summed E-state index contributed by atoms with van der Waals surface area (Å²) >= 11 is 0. The normalized spacial score (nSPS) is 19.8. The number of halogens is 1. The number of ketones is 1. The van der Waals surface area contributed by atoms with Crippen LogP contribution in [0.25, 0.3) is 0 Å². The molecule has 1 aliphatic heterocycles. The molecule has 0 saturated carbocycles. The van der Waals surface area contributed by atoms with Crippen molar-refractivity contribution >= 4 is 11.7 Å². The fourth-order valence-corrected chi connectivity index (χ4v) is 4.84. The number of hydrogen-bond donors (Lipinski definition) is 1. The third kappa shape index (κ3) is 3.16. The molecule has 0 unspecified atom stereocenters. The number of carbonyl (C=O) groups is 1. The Balaban J connectivity index is 1.59. The van der Waals surface area contributed by atoms with Crippen LogP contribution in [0.1, 0.15) is 47.1 Å². The third-order valence-electron chi connectivity index (χ3n) is 6.35. The third-order valence-corrected chi connectivity index (χ3v) is 6.35. The summed E-state index contributed by atoms with van der Waals surface area (Å²) in [7, 11) is 3.17. The minimum Gasteiger partial charge on any atom is -0.493 e. The molecule has 2 aromatic carbocycles. The van der Waals surface area contributed by atoms with Crippen molar-refractivity contribution in [3.05, 3.63) is 81.9 Å². The van der Waals surface area contributed by atoms with Crippen molar-refractivity contribution in [2.75, 3.05) is 19.5 Å². The zero-order valence-corrected chi connectivity index (χ0v) is 18.1. The monoisotopic (exact) mass is 434 g/mol. The van der Waals surface area contributed by atoms with Crippen LogP contribution >= 0.6 is 0 Å². The molecule has 5 rings (SSSR count). The Morgan fingerprint density at radius 3 is 2.62 bits per heavy atom. The number of hydrogen-bond acceptors (Lipinski definition) is 6. The van der Waals surface area contributed by atoms with Gasteiger partial charge in [-0.2, -0.15) is 0 Å². The van der Waals surface area contributed by atoms with Crippen LogP contribution in [0.2, 0.25) is 0 Å². The Morgan fingerprint density at radius 1 is 1.09 bits per heavy atom. The van der Waals surface area contributed by atoms with Gasteiger partial charge in [0.2, 0.25) is 5.88 Å². The molecule has 1 N–H and O–H groups in total. The number of Topliss-reactive ketones (excluding diaryl/α,β-unsaturated/α-hetero) is 1. The molecule has 0 radical (unpaired) electrons. The Labute approximate surface area is 185 Å². The maximum Gasteiger partial charge on any atom is 0.233 e. The van der Waals surface area contributed by atoms with E-state index in [2.05, 4.69) is 10.5 Å². The molecular weight excluding hydrogens is 411 g/mol. The lowest BCUT2D eigenvalue weighted by Gasteiger charge is -2.34. The van der Waals surface area contributed by atoms with E-state index in [1.165, 1.54) is 6.07 Å². The molecule has 3 aromatic rings. The minimum absolute atomic E-state index is 0.0157. The van der Waals surface area contributed by atoms with E-state index in [0.717, 1.165) is 11.3 Å². The van der Waals surface area contributed by atoms with Crippen molar-refractivity contribution < 1.29 is 23.2 Å². The first-order valence-electron chi connectivity index (χ1n) is 10.5. The number of rotatable bonds is 4. The predicted molar refractivity (Wildman–Crippen MR) is 117 cm³/mol. The first-order valence-corrected chi connectivity index (χ1v) is 10.5. The highest BCUT2D eigenvalue weighted by molar-refractivity contribution is 6.01. The van der Waals surface area contributed by atoms with Crippen LogP contribution in [0, 0.1) is 12.7 Å². The summed E-state index contributed by atoms with van der Waals surface area (Å²) in [6.07, 6.45) is 0.904. The van der Waals surface area contributed by atoms with E-state index in [1.54, 1.807) is 32.4 Å². The van der Waals surface area contributed by atoms with Gasteiger partial charge in [-0.05, 0) is 43.0 Å². The molecule has 1 aliphatic carbocycles. The van der Waals surface area contributed by atoms with Crippen LogP contribution in [0.4, 0.5) is 10.3 Å². The summed E-state index contributed by atoms with van der Waals surface area (Å²) in [4.78, 5) is 13.5. The average Bonchev–Trinajstić information content (AvgIpc) is 3.17. The van der Waals surface area contributed by atoms with Crippen molar-refractivity contribution in [3.63, 3.8) is 0 Å². The number of aryl methyl sites for hydroxylation is 1. The van der Waals surface area contributed by atoms with Gasteiger partial charge >= 0.3 is 0 Å². The topological polar surface area (TPSA) is 73.6 Å². The van der Waals surface area contributed by atoms with E-state index >= 15 is 0 Å². The summed E-state index contributed by atoms with van der Waals surface area (Å²) in [6.45, 7) is 1.81. The van der Waals surface area contributed by atoms with E-state index in [9.17, 15) is 9.18 Å². The number of carbonyl (C=O) groups excluding carboxylic acids is 1. The van der Waals surface area contributed by atoms with Crippen molar-refractivity contribution in [1.29, 1.82) is 0 Å². The molecule has 32 heavy (non-hydrogen) atoms. The summed E-state index contributed by atoms with van der Waals surface area (Å²) in [5.74, 6) is 0.746. The summed E-state index contributed by atoms with van der Waals surface area (Å²) in [5, 5.41) is 7.35. The summed E-state index contributed by atoms with van der Waals surface area (Å²) < 4.78 is 31.1. The van der Waals surface area contributed by atoms with Gasteiger partial charge in [0, 0.05) is 29.2 Å². The van der Waals surface area contributed by atoms with Crippen LogP contribution in [-0.4, -0.2) is 25.2 Å². The second kappa shape index (κ2) is 7.82. The largest absolute Gasteiger partial charge is 0.493 e. The van der Waals surface area contributed by atoms with Gasteiger partial charge in [-0.15, -0.1) is 0 Å². The van der Waals surface area contributed by atoms with Crippen LogP contribution in [0.3, 0.4) is 0 Å². The average molecular weight is 434 g/mol. The molecule has 7 heteroatoms. The second-order valence-corrected chi connectivity index (χ2v) is 8.13. The Bertz CT molecular complexity index is 1250. The molecule has 2 aliphatic rings. The van der Waals surface area contributed by atoms with Gasteiger partial charge in [0.1, 0.15) is 5.82 Å². The standard InChI is InChI=1S/C25H23FN2O4/c1-13-22-23(16-6-4-5-7-17(16)26)24-18(27-25(22)32-28-13)10-15(11-19(24)29)14-8-9-20(30-2)21(12-14)31-3/h4-9,12,15,23,27H,10-11H2,1-3H3/t15-,23+/m0/s1. The summed E-state index contributed by atoms with van der Waals surface area (Å²) in [6, 6.07) is 12.3. The predicted octanol–water partition coefficient (Wildman–Crippen LogP) is 5.10. The molecule has 2 heterocycles. The number of benzene rings is 2. The Kier molecular flexibility index (Phi) is 4.96. The second-order valence-electron chi connectivity index (χ2n) is 8.13. The van der Waals surface area contributed by atoms with Crippen LogP contribution in [0.5, 0.6) is 11.5 Å². The first-order chi connectivity index (χ1) is 15.5. The van der Waals surface area contributed by atoms with Gasteiger partial charge < -0.3 is 19.3 Å². The van der Waals surface area contributed by atoms with Crippen molar-refractivity contribution in [2.45, 2.75) is 31.6 Å². The number of allylic oxidation sites excluding steroid dienone is 2. The molecule has 0 spiro atoms. The zero-order chi connectivity index (χ0) is 22.4. The van der Waals surface area contributed by atoms with Gasteiger partial charge in [0.15, 0.2) is 17.3 Å². The minimum atomic E-state index is -0.549. The number of aromatic nitrogens is 1. The highest BCUT2D eigenvalue weighted by atomic mass is 19.1.